The SMILES string of the molecule is O=c1oc2c(CN3CCN(CCO)CC3)c(O)ccc2cc1-c1ccc2c(c1)OCCO2. The minimum absolute atomic E-state index is 0.116. The van der Waals surface area contributed by atoms with Gasteiger partial charge in [0.1, 0.15) is 24.5 Å². The summed E-state index contributed by atoms with van der Waals surface area (Å²) in [6.07, 6.45) is 0. The smallest absolute Gasteiger partial charge is 0.344 e. The molecule has 0 spiro atoms. The van der Waals surface area contributed by atoms with E-state index in [0.29, 0.717) is 60.1 Å². The second-order valence-corrected chi connectivity index (χ2v) is 8.13. The molecule has 1 saturated heterocycles. The van der Waals surface area contributed by atoms with Crippen molar-refractivity contribution in [3.63, 3.8) is 0 Å². The monoisotopic (exact) mass is 438 g/mol. The second-order valence-electron chi connectivity index (χ2n) is 8.13. The molecule has 168 valence electrons. The summed E-state index contributed by atoms with van der Waals surface area (Å²) in [7, 11) is 0. The van der Waals surface area contributed by atoms with E-state index in [0.717, 1.165) is 31.6 Å². The van der Waals surface area contributed by atoms with Gasteiger partial charge in [-0.25, -0.2) is 4.79 Å². The van der Waals surface area contributed by atoms with Crippen LogP contribution in [-0.2, 0) is 6.54 Å². The van der Waals surface area contributed by atoms with E-state index in [9.17, 15) is 9.90 Å². The third-order valence-electron chi connectivity index (χ3n) is 6.10. The Morgan fingerprint density at radius 2 is 1.66 bits per heavy atom. The summed E-state index contributed by atoms with van der Waals surface area (Å²) in [5, 5.41) is 20.4. The van der Waals surface area contributed by atoms with Crippen LogP contribution in [-0.4, -0.2) is 72.6 Å². The van der Waals surface area contributed by atoms with E-state index in [1.165, 1.54) is 0 Å². The van der Waals surface area contributed by atoms with Crippen molar-refractivity contribution in [3.05, 3.63) is 52.4 Å². The van der Waals surface area contributed by atoms with Crippen molar-refractivity contribution in [2.45, 2.75) is 6.54 Å². The third kappa shape index (κ3) is 4.04. The molecule has 0 radical (unpaired) electrons. The zero-order chi connectivity index (χ0) is 22.1. The van der Waals surface area contributed by atoms with Gasteiger partial charge in [-0.1, -0.05) is 6.07 Å². The fraction of sp³-hybridized carbons (Fsp3) is 0.375. The number of aliphatic hydroxyl groups excluding tert-OH is 1. The summed E-state index contributed by atoms with van der Waals surface area (Å²) < 4.78 is 16.9. The summed E-state index contributed by atoms with van der Waals surface area (Å²) in [5.41, 5.74) is 1.69. The van der Waals surface area contributed by atoms with Crippen LogP contribution in [0.4, 0.5) is 0 Å². The van der Waals surface area contributed by atoms with Gasteiger partial charge in [0.25, 0.3) is 0 Å². The van der Waals surface area contributed by atoms with Crippen LogP contribution in [0.15, 0.2) is 45.6 Å². The fourth-order valence-corrected chi connectivity index (χ4v) is 4.33. The number of fused-ring (bicyclic) bond motifs is 2. The molecule has 3 heterocycles. The Kier molecular flexibility index (Phi) is 5.73. The fourth-order valence-electron chi connectivity index (χ4n) is 4.33. The molecule has 0 saturated carbocycles. The first-order valence-corrected chi connectivity index (χ1v) is 10.9. The number of hydrogen-bond acceptors (Lipinski definition) is 8. The lowest BCUT2D eigenvalue weighted by atomic mass is 10.0. The predicted molar refractivity (Wildman–Crippen MR) is 119 cm³/mol. The molecular formula is C24H26N2O6. The standard InChI is InChI=1S/C24H26N2O6/c27-10-9-25-5-7-26(8-6-25)15-19-20(28)3-1-17-13-18(24(29)32-23(17)19)16-2-4-21-22(14-16)31-12-11-30-21/h1-4,13-14,27-28H,5-12,15H2. The lowest BCUT2D eigenvalue weighted by molar-refractivity contribution is 0.108. The van der Waals surface area contributed by atoms with Gasteiger partial charge in [-0.15, -0.1) is 0 Å². The zero-order valence-corrected chi connectivity index (χ0v) is 17.7. The number of rotatable bonds is 5. The Morgan fingerprint density at radius 3 is 2.44 bits per heavy atom. The normalized spacial score (nSPS) is 17.0. The number of piperazine rings is 1. The third-order valence-corrected chi connectivity index (χ3v) is 6.10. The number of hydrogen-bond donors (Lipinski definition) is 2. The van der Waals surface area contributed by atoms with Gasteiger partial charge >= 0.3 is 5.63 Å². The van der Waals surface area contributed by atoms with Gasteiger partial charge < -0.3 is 24.1 Å². The molecule has 3 aromatic rings. The largest absolute Gasteiger partial charge is 0.507 e. The topological polar surface area (TPSA) is 95.6 Å². The van der Waals surface area contributed by atoms with Crippen LogP contribution in [0.3, 0.4) is 0 Å². The first-order valence-electron chi connectivity index (χ1n) is 10.9. The highest BCUT2D eigenvalue weighted by molar-refractivity contribution is 5.86. The highest BCUT2D eigenvalue weighted by Gasteiger charge is 2.21. The van der Waals surface area contributed by atoms with Gasteiger partial charge in [0.15, 0.2) is 11.5 Å². The number of β-amino-alcohol motifs (C(OH)–C–C–N with tert-alkyl or cyclic N) is 1. The van der Waals surface area contributed by atoms with Crippen molar-refractivity contribution < 1.29 is 24.1 Å². The lowest BCUT2D eigenvalue weighted by Crippen LogP contribution is -2.46. The van der Waals surface area contributed by atoms with Crippen molar-refractivity contribution >= 4 is 11.0 Å². The summed E-state index contributed by atoms with van der Waals surface area (Å²) in [4.78, 5) is 17.3. The van der Waals surface area contributed by atoms with Gasteiger partial charge in [-0.2, -0.15) is 0 Å². The molecule has 0 bridgehead atoms. The average molecular weight is 438 g/mol. The Bertz CT molecular complexity index is 1180. The molecule has 8 nitrogen and oxygen atoms in total. The second kappa shape index (κ2) is 8.82. The first-order chi connectivity index (χ1) is 15.6. The highest BCUT2D eigenvalue weighted by atomic mass is 16.6. The van der Waals surface area contributed by atoms with Crippen molar-refractivity contribution in [1.82, 2.24) is 9.80 Å². The van der Waals surface area contributed by atoms with Gasteiger partial charge in [0, 0.05) is 44.7 Å². The van der Waals surface area contributed by atoms with Crippen LogP contribution >= 0.6 is 0 Å². The predicted octanol–water partition coefficient (Wildman–Crippen LogP) is 2.05. The van der Waals surface area contributed by atoms with Crippen LogP contribution in [0, 0.1) is 0 Å². The van der Waals surface area contributed by atoms with E-state index in [1.807, 2.05) is 6.07 Å². The zero-order valence-electron chi connectivity index (χ0n) is 17.7. The van der Waals surface area contributed by atoms with E-state index < -0.39 is 5.63 Å². The van der Waals surface area contributed by atoms with Crippen LogP contribution in [0.25, 0.3) is 22.1 Å². The maximum atomic E-state index is 12.9. The minimum Gasteiger partial charge on any atom is -0.507 e. The Hall–Kier alpha value is -3.07. The van der Waals surface area contributed by atoms with E-state index in [4.69, 9.17) is 19.0 Å². The molecule has 0 aliphatic carbocycles. The molecular weight excluding hydrogens is 412 g/mol. The van der Waals surface area contributed by atoms with Crippen LogP contribution in [0.5, 0.6) is 17.2 Å². The summed E-state index contributed by atoms with van der Waals surface area (Å²) in [5.74, 6) is 1.39. The number of aliphatic hydroxyl groups is 1. The number of phenols is 1. The Morgan fingerprint density at radius 1 is 0.906 bits per heavy atom. The molecule has 2 N–H and O–H groups in total. The van der Waals surface area contributed by atoms with Gasteiger partial charge in [0.2, 0.25) is 0 Å². The number of ether oxygens (including phenoxy) is 2. The molecule has 0 unspecified atom stereocenters. The summed E-state index contributed by atoms with van der Waals surface area (Å²) in [6, 6.07) is 10.6. The Balaban J connectivity index is 1.46. The van der Waals surface area contributed by atoms with Crippen molar-refractivity contribution in [2.24, 2.45) is 0 Å². The molecule has 2 aliphatic rings. The number of aromatic hydroxyl groups is 1. The molecule has 2 aliphatic heterocycles. The minimum atomic E-state index is -0.464. The van der Waals surface area contributed by atoms with Crippen LogP contribution in [0.2, 0.25) is 0 Å². The molecule has 1 fully saturated rings. The molecule has 1 aromatic heterocycles. The van der Waals surface area contributed by atoms with Crippen molar-refractivity contribution in [2.75, 3.05) is 52.5 Å². The molecule has 0 amide bonds. The van der Waals surface area contributed by atoms with Crippen molar-refractivity contribution in [3.8, 4) is 28.4 Å². The van der Waals surface area contributed by atoms with Gasteiger partial charge in [-0.05, 0) is 35.9 Å². The maximum absolute atomic E-state index is 12.9. The summed E-state index contributed by atoms with van der Waals surface area (Å²) in [6.45, 7) is 5.63. The molecule has 2 aromatic carbocycles. The van der Waals surface area contributed by atoms with Crippen LogP contribution in [0.1, 0.15) is 5.56 Å². The lowest BCUT2D eigenvalue weighted by Gasteiger charge is -2.34. The number of phenolic OH excluding ortho intramolecular Hbond substituents is 1. The first kappa shape index (κ1) is 20.8. The molecule has 0 atom stereocenters. The molecule has 5 rings (SSSR count). The number of nitrogens with zero attached hydrogens (tertiary/aromatic N) is 2. The van der Waals surface area contributed by atoms with Gasteiger partial charge in [-0.3, -0.25) is 9.80 Å². The maximum Gasteiger partial charge on any atom is 0.344 e. The van der Waals surface area contributed by atoms with Crippen LogP contribution < -0.4 is 15.1 Å². The molecule has 32 heavy (non-hydrogen) atoms. The molecule has 8 heteroatoms. The van der Waals surface area contributed by atoms with E-state index in [-0.39, 0.29) is 12.4 Å². The quantitative estimate of drug-likeness (QED) is 0.585. The Labute approximate surface area is 185 Å². The number of benzene rings is 2. The van der Waals surface area contributed by atoms with Crippen molar-refractivity contribution in [1.29, 1.82) is 0 Å². The highest BCUT2D eigenvalue weighted by Crippen LogP contribution is 2.35. The van der Waals surface area contributed by atoms with E-state index >= 15 is 0 Å². The summed E-state index contributed by atoms with van der Waals surface area (Å²) >= 11 is 0. The average Bonchev–Trinajstić information content (AvgIpc) is 2.82. The van der Waals surface area contributed by atoms with E-state index in [2.05, 4.69) is 9.80 Å². The van der Waals surface area contributed by atoms with E-state index in [1.54, 1.807) is 30.3 Å². The van der Waals surface area contributed by atoms with Gasteiger partial charge in [0.05, 0.1) is 17.7 Å².